The third kappa shape index (κ3) is 4.83. The molecule has 0 saturated heterocycles. The minimum absolute atomic E-state index is 0.126. The van der Waals surface area contributed by atoms with Crippen LogP contribution in [0.25, 0.3) is 10.9 Å². The molecule has 2 aromatic heterocycles. The Balaban J connectivity index is 1.96. The van der Waals surface area contributed by atoms with E-state index >= 15 is 0 Å². The quantitative estimate of drug-likeness (QED) is 0.172. The number of nitrogens with one attached hydrogen (secondary N) is 2. The molecule has 0 spiro atoms. The largest absolute Gasteiger partial charge is 0.499 e. The molecule has 2 aromatic rings. The lowest BCUT2D eigenvalue weighted by atomic mass is 10.1. The Morgan fingerprint density at radius 1 is 1.53 bits per heavy atom. The lowest BCUT2D eigenvalue weighted by Gasteiger charge is -2.20. The second-order valence-corrected chi connectivity index (χ2v) is 7.52. The highest BCUT2D eigenvalue weighted by Gasteiger charge is 2.27. The Morgan fingerprint density at radius 3 is 3.10 bits per heavy atom. The van der Waals surface area contributed by atoms with Crippen molar-refractivity contribution >= 4 is 45.1 Å². The molecule has 1 amide bonds. The van der Waals surface area contributed by atoms with E-state index in [1.165, 1.54) is 12.3 Å². The van der Waals surface area contributed by atoms with Gasteiger partial charge in [-0.2, -0.15) is 0 Å². The van der Waals surface area contributed by atoms with Crippen molar-refractivity contribution in [2.24, 2.45) is 0 Å². The van der Waals surface area contributed by atoms with Crippen molar-refractivity contribution in [3.63, 3.8) is 0 Å². The van der Waals surface area contributed by atoms with Gasteiger partial charge in [0.15, 0.2) is 0 Å². The smallest absolute Gasteiger partial charge is 0.293 e. The van der Waals surface area contributed by atoms with Crippen LogP contribution >= 0.6 is 22.6 Å². The van der Waals surface area contributed by atoms with Gasteiger partial charge in [-0.25, -0.2) is 9.87 Å². The molecule has 0 radical (unpaired) electrons. The summed E-state index contributed by atoms with van der Waals surface area (Å²) in [5, 5.41) is 3.82. The number of rotatable bonds is 9. The molecule has 0 bridgehead atoms. The van der Waals surface area contributed by atoms with Gasteiger partial charge in [0, 0.05) is 21.4 Å². The van der Waals surface area contributed by atoms with Gasteiger partial charge in [-0.15, -0.1) is 6.42 Å². The lowest BCUT2D eigenvalue weighted by Crippen LogP contribution is -2.30. The van der Waals surface area contributed by atoms with Crippen LogP contribution in [0.5, 0.6) is 0 Å². The molecule has 0 saturated carbocycles. The van der Waals surface area contributed by atoms with Gasteiger partial charge >= 0.3 is 0 Å². The molecule has 1 aliphatic rings. The van der Waals surface area contributed by atoms with E-state index in [-0.39, 0.29) is 31.3 Å². The van der Waals surface area contributed by atoms with Crippen LogP contribution in [-0.4, -0.2) is 34.7 Å². The molecule has 1 unspecified atom stereocenters. The van der Waals surface area contributed by atoms with Crippen molar-refractivity contribution in [1.82, 2.24) is 15.0 Å². The second kappa shape index (κ2) is 10.3. The van der Waals surface area contributed by atoms with Crippen molar-refractivity contribution < 1.29 is 18.8 Å². The Morgan fingerprint density at radius 2 is 2.37 bits per heavy atom. The van der Waals surface area contributed by atoms with Gasteiger partial charge in [0.05, 0.1) is 30.1 Å². The average Bonchev–Trinajstić information content (AvgIpc) is 3.04. The number of hydrogen-bond donors (Lipinski definition) is 2. The second-order valence-electron chi connectivity index (χ2n) is 6.27. The number of aromatic nitrogens is 2. The molecule has 7 nitrogen and oxygen atoms in total. The molecule has 30 heavy (non-hydrogen) atoms. The predicted molar refractivity (Wildman–Crippen MR) is 121 cm³/mol. The topological polar surface area (TPSA) is 77.4 Å². The number of amides is 1. The first kappa shape index (κ1) is 21.9. The van der Waals surface area contributed by atoms with Gasteiger partial charge in [-0.05, 0) is 41.2 Å². The molecule has 1 atom stereocenters. The van der Waals surface area contributed by atoms with E-state index in [1.54, 1.807) is 23.0 Å². The van der Waals surface area contributed by atoms with Crippen LogP contribution in [0, 0.1) is 12.3 Å². The molecule has 1 aliphatic carbocycles. The van der Waals surface area contributed by atoms with E-state index in [0.717, 1.165) is 3.58 Å². The summed E-state index contributed by atoms with van der Waals surface area (Å²) >= 11 is 2.07. The third-order valence-corrected chi connectivity index (χ3v) is 5.14. The summed E-state index contributed by atoms with van der Waals surface area (Å²) in [5.74, 6) is 1.72. The Hall–Kier alpha value is -2.84. The van der Waals surface area contributed by atoms with Gasteiger partial charge in [0.25, 0.3) is 5.91 Å². The number of ether oxygens (including phenoxy) is 1. The maximum atomic E-state index is 14.5. The standard InChI is InChI=1S/C21H20FIN4O3/c1-3-9-27-18-7-8-24-13-15(18)19(25-17-6-5-14(23)12-16(17)22)20(27)21(28)26-30-11-10-29-4-2/h1,4-5,7-8,12-13,17,25H,2,6,9-11H2,(H,26,28). The zero-order valence-corrected chi connectivity index (χ0v) is 18.2. The maximum absolute atomic E-state index is 14.5. The number of nitrogens with zero attached hydrogens (tertiary/aromatic N) is 2. The Bertz CT molecular complexity index is 1050. The van der Waals surface area contributed by atoms with E-state index in [2.05, 4.69) is 50.9 Å². The summed E-state index contributed by atoms with van der Waals surface area (Å²) in [7, 11) is 0. The fraction of sp³-hybridized carbons (Fsp3) is 0.238. The van der Waals surface area contributed by atoms with Crippen LogP contribution in [0.4, 0.5) is 10.1 Å². The van der Waals surface area contributed by atoms with Gasteiger partial charge in [0.1, 0.15) is 24.7 Å². The number of anilines is 1. The van der Waals surface area contributed by atoms with Crippen LogP contribution in [0.1, 0.15) is 16.9 Å². The summed E-state index contributed by atoms with van der Waals surface area (Å²) in [4.78, 5) is 22.3. The lowest BCUT2D eigenvalue weighted by molar-refractivity contribution is 0.0140. The highest BCUT2D eigenvalue weighted by Crippen LogP contribution is 2.34. The van der Waals surface area contributed by atoms with E-state index in [1.807, 2.05) is 6.08 Å². The number of halogens is 2. The molecule has 0 fully saturated rings. The number of terminal acetylenes is 1. The number of hydrogen-bond acceptors (Lipinski definition) is 5. The van der Waals surface area contributed by atoms with Gasteiger partial charge in [-0.3, -0.25) is 14.6 Å². The minimum Gasteiger partial charge on any atom is -0.499 e. The number of carbonyl (C=O) groups excluding carboxylic acids is 1. The SMILES string of the molecule is C#CCn1c(C(=O)NOCCOC=C)c(NC2CC=C(I)C=C2F)c2cnccc21. The third-order valence-electron chi connectivity index (χ3n) is 4.39. The molecule has 0 aliphatic heterocycles. The van der Waals surface area contributed by atoms with Crippen LogP contribution < -0.4 is 10.8 Å². The number of carbonyl (C=O) groups is 1. The van der Waals surface area contributed by atoms with E-state index < -0.39 is 11.9 Å². The zero-order chi connectivity index (χ0) is 21.5. The van der Waals surface area contributed by atoms with E-state index in [0.29, 0.717) is 23.0 Å². The number of pyridine rings is 1. The summed E-state index contributed by atoms with van der Waals surface area (Å²) in [6, 6.07) is 1.14. The first-order valence-corrected chi connectivity index (χ1v) is 10.2. The van der Waals surface area contributed by atoms with Crippen molar-refractivity contribution in [1.29, 1.82) is 0 Å². The van der Waals surface area contributed by atoms with Gasteiger partial charge in [-0.1, -0.05) is 18.6 Å². The maximum Gasteiger partial charge on any atom is 0.293 e. The molecule has 0 aromatic carbocycles. The summed E-state index contributed by atoms with van der Waals surface area (Å²) < 4.78 is 22.0. The molecular formula is C21H20FIN4O3. The highest BCUT2D eigenvalue weighted by molar-refractivity contribution is 14.1. The first-order valence-electron chi connectivity index (χ1n) is 9.10. The fourth-order valence-electron chi connectivity index (χ4n) is 3.11. The predicted octanol–water partition coefficient (Wildman–Crippen LogP) is 3.85. The Labute approximate surface area is 187 Å². The highest BCUT2D eigenvalue weighted by atomic mass is 127. The molecule has 9 heteroatoms. The minimum atomic E-state index is -0.609. The first-order chi connectivity index (χ1) is 14.6. The molecular weight excluding hydrogens is 502 g/mol. The number of hydroxylamine groups is 1. The van der Waals surface area contributed by atoms with Gasteiger partial charge < -0.3 is 14.6 Å². The van der Waals surface area contributed by atoms with Crippen LogP contribution in [0.2, 0.25) is 0 Å². The van der Waals surface area contributed by atoms with Crippen molar-refractivity contribution in [2.45, 2.75) is 19.0 Å². The van der Waals surface area contributed by atoms with Crippen molar-refractivity contribution in [3.8, 4) is 12.3 Å². The van der Waals surface area contributed by atoms with Gasteiger partial charge in [0.2, 0.25) is 0 Å². The Kier molecular flexibility index (Phi) is 7.48. The molecule has 2 heterocycles. The summed E-state index contributed by atoms with van der Waals surface area (Å²) in [5.41, 5.74) is 3.77. The van der Waals surface area contributed by atoms with Crippen LogP contribution in [0.15, 0.2) is 52.9 Å². The number of allylic oxidation sites excluding steroid dienone is 2. The molecule has 2 N–H and O–H groups in total. The molecule has 156 valence electrons. The van der Waals surface area contributed by atoms with Crippen molar-refractivity contribution in [3.05, 3.63) is 58.6 Å². The average molecular weight is 522 g/mol. The summed E-state index contributed by atoms with van der Waals surface area (Å²) in [6.45, 7) is 3.94. The van der Waals surface area contributed by atoms with E-state index in [9.17, 15) is 9.18 Å². The monoisotopic (exact) mass is 522 g/mol. The molecule has 3 rings (SSSR count). The fourth-order valence-corrected chi connectivity index (χ4v) is 3.66. The summed E-state index contributed by atoms with van der Waals surface area (Å²) in [6.07, 6.45) is 13.9. The zero-order valence-electron chi connectivity index (χ0n) is 16.0. The van der Waals surface area contributed by atoms with Crippen molar-refractivity contribution in [2.75, 3.05) is 18.5 Å². The number of fused-ring (bicyclic) bond motifs is 1. The normalized spacial score (nSPS) is 15.7. The van der Waals surface area contributed by atoms with Crippen LogP contribution in [0.3, 0.4) is 0 Å². The van der Waals surface area contributed by atoms with Crippen LogP contribution in [-0.2, 0) is 16.1 Å². The van der Waals surface area contributed by atoms with E-state index in [4.69, 9.17) is 16.0 Å².